The first-order chi connectivity index (χ1) is 11.3. The lowest BCUT2D eigenvalue weighted by Crippen LogP contribution is -2.46. The highest BCUT2D eigenvalue weighted by Crippen LogP contribution is 2.29. The first-order valence-electron chi connectivity index (χ1n) is 8.26. The molecule has 23 heavy (non-hydrogen) atoms. The van der Waals surface area contributed by atoms with E-state index >= 15 is 0 Å². The van der Waals surface area contributed by atoms with E-state index < -0.39 is 0 Å². The summed E-state index contributed by atoms with van der Waals surface area (Å²) in [5, 5.41) is 0. The van der Waals surface area contributed by atoms with Crippen molar-refractivity contribution in [3.05, 3.63) is 59.9 Å². The number of ether oxygens (including phenoxy) is 1. The number of nitrogens with zero attached hydrogens (tertiary/aromatic N) is 3. The van der Waals surface area contributed by atoms with Crippen molar-refractivity contribution >= 4 is 0 Å². The van der Waals surface area contributed by atoms with Gasteiger partial charge in [-0.2, -0.15) is 0 Å². The van der Waals surface area contributed by atoms with Gasteiger partial charge in [0.05, 0.1) is 7.11 Å². The number of hydrogen-bond donors (Lipinski definition) is 0. The molecule has 4 nitrogen and oxygen atoms in total. The van der Waals surface area contributed by atoms with Crippen LogP contribution >= 0.6 is 0 Å². The van der Waals surface area contributed by atoms with Crippen LogP contribution in [0, 0.1) is 0 Å². The number of piperazine rings is 1. The molecule has 1 aromatic carbocycles. The summed E-state index contributed by atoms with van der Waals surface area (Å²) >= 11 is 0. The van der Waals surface area contributed by atoms with Gasteiger partial charge in [-0.05, 0) is 30.7 Å². The number of para-hydroxylation sites is 1. The lowest BCUT2D eigenvalue weighted by Gasteiger charge is -2.38. The van der Waals surface area contributed by atoms with Gasteiger partial charge in [0.1, 0.15) is 5.75 Å². The van der Waals surface area contributed by atoms with Crippen LogP contribution in [0.3, 0.4) is 0 Å². The standard InChI is InChI=1S/C19H25N3O/c1-16(18-5-3-4-6-19(18)23-2)22-13-11-21(12-14-22)15-17-7-9-20-10-8-17/h3-10,16H,11-15H2,1-2H3/t16-/m0/s1. The van der Waals surface area contributed by atoms with Gasteiger partial charge in [-0.1, -0.05) is 18.2 Å². The molecule has 4 heteroatoms. The van der Waals surface area contributed by atoms with E-state index in [1.807, 2.05) is 24.5 Å². The average molecular weight is 311 g/mol. The Bertz CT molecular complexity index is 609. The van der Waals surface area contributed by atoms with E-state index in [4.69, 9.17) is 4.74 Å². The topological polar surface area (TPSA) is 28.6 Å². The van der Waals surface area contributed by atoms with Crippen molar-refractivity contribution in [1.82, 2.24) is 14.8 Å². The van der Waals surface area contributed by atoms with Crippen molar-refractivity contribution in [2.45, 2.75) is 19.5 Å². The Kier molecular flexibility index (Phi) is 5.26. The molecule has 1 aliphatic rings. The zero-order valence-corrected chi connectivity index (χ0v) is 14.0. The van der Waals surface area contributed by atoms with E-state index in [2.05, 4.69) is 46.0 Å². The van der Waals surface area contributed by atoms with E-state index in [1.165, 1.54) is 11.1 Å². The van der Waals surface area contributed by atoms with Gasteiger partial charge < -0.3 is 4.74 Å². The molecule has 1 aliphatic heterocycles. The van der Waals surface area contributed by atoms with Crippen LogP contribution in [0.15, 0.2) is 48.8 Å². The van der Waals surface area contributed by atoms with E-state index in [0.29, 0.717) is 6.04 Å². The second-order valence-electron chi connectivity index (χ2n) is 6.09. The third-order valence-electron chi connectivity index (χ3n) is 4.70. The maximum absolute atomic E-state index is 5.51. The first-order valence-corrected chi connectivity index (χ1v) is 8.26. The van der Waals surface area contributed by atoms with Crippen molar-refractivity contribution in [2.24, 2.45) is 0 Å². The van der Waals surface area contributed by atoms with Crippen LogP contribution in [-0.2, 0) is 6.54 Å². The van der Waals surface area contributed by atoms with Crippen LogP contribution in [0.1, 0.15) is 24.1 Å². The fraction of sp³-hybridized carbons (Fsp3) is 0.421. The van der Waals surface area contributed by atoms with Crippen LogP contribution in [-0.4, -0.2) is 48.1 Å². The lowest BCUT2D eigenvalue weighted by atomic mass is 10.0. The molecule has 2 aromatic rings. The smallest absolute Gasteiger partial charge is 0.123 e. The van der Waals surface area contributed by atoms with Crippen molar-refractivity contribution < 1.29 is 4.74 Å². The SMILES string of the molecule is COc1ccccc1[C@H](C)N1CCN(Cc2ccncc2)CC1. The zero-order chi connectivity index (χ0) is 16.1. The molecule has 0 saturated carbocycles. The van der Waals surface area contributed by atoms with Crippen LogP contribution in [0.5, 0.6) is 5.75 Å². The van der Waals surface area contributed by atoms with Gasteiger partial charge in [-0.3, -0.25) is 14.8 Å². The zero-order valence-electron chi connectivity index (χ0n) is 14.0. The van der Waals surface area contributed by atoms with E-state index in [-0.39, 0.29) is 0 Å². The fourth-order valence-electron chi connectivity index (χ4n) is 3.26. The van der Waals surface area contributed by atoms with Gasteiger partial charge in [-0.15, -0.1) is 0 Å². The van der Waals surface area contributed by atoms with E-state index in [0.717, 1.165) is 38.5 Å². The van der Waals surface area contributed by atoms with Gasteiger partial charge in [0.25, 0.3) is 0 Å². The number of pyridine rings is 1. The summed E-state index contributed by atoms with van der Waals surface area (Å²) in [6.07, 6.45) is 3.74. The second kappa shape index (κ2) is 7.57. The Morgan fingerprint density at radius 2 is 1.74 bits per heavy atom. The average Bonchev–Trinajstić information content (AvgIpc) is 2.62. The molecular formula is C19H25N3O. The minimum Gasteiger partial charge on any atom is -0.496 e. The summed E-state index contributed by atoms with van der Waals surface area (Å²) < 4.78 is 5.51. The molecule has 0 unspecified atom stereocenters. The predicted molar refractivity (Wildman–Crippen MR) is 92.5 cm³/mol. The molecule has 0 amide bonds. The molecular weight excluding hydrogens is 286 g/mol. The lowest BCUT2D eigenvalue weighted by molar-refractivity contribution is 0.0968. The minimum atomic E-state index is 0.384. The van der Waals surface area contributed by atoms with Crippen molar-refractivity contribution in [1.29, 1.82) is 0 Å². The van der Waals surface area contributed by atoms with Crippen LogP contribution in [0.4, 0.5) is 0 Å². The maximum atomic E-state index is 5.51. The molecule has 1 fully saturated rings. The molecule has 0 spiro atoms. The summed E-state index contributed by atoms with van der Waals surface area (Å²) in [5.74, 6) is 0.985. The number of rotatable bonds is 5. The summed E-state index contributed by atoms with van der Waals surface area (Å²) in [5.41, 5.74) is 2.61. The monoisotopic (exact) mass is 311 g/mol. The summed E-state index contributed by atoms with van der Waals surface area (Å²) in [6.45, 7) is 7.66. The van der Waals surface area contributed by atoms with Crippen LogP contribution in [0.25, 0.3) is 0 Å². The third-order valence-corrected chi connectivity index (χ3v) is 4.70. The molecule has 0 N–H and O–H groups in total. The summed E-state index contributed by atoms with van der Waals surface area (Å²) in [4.78, 5) is 9.14. The van der Waals surface area contributed by atoms with Gasteiger partial charge in [-0.25, -0.2) is 0 Å². The molecule has 122 valence electrons. The molecule has 1 atom stereocenters. The highest BCUT2D eigenvalue weighted by Gasteiger charge is 2.23. The highest BCUT2D eigenvalue weighted by atomic mass is 16.5. The third kappa shape index (κ3) is 3.89. The Morgan fingerprint density at radius 1 is 1.04 bits per heavy atom. The van der Waals surface area contributed by atoms with Gasteiger partial charge in [0, 0.05) is 56.7 Å². The van der Waals surface area contributed by atoms with E-state index in [1.54, 1.807) is 7.11 Å². The Morgan fingerprint density at radius 3 is 2.43 bits per heavy atom. The Balaban J connectivity index is 1.58. The number of hydrogen-bond acceptors (Lipinski definition) is 4. The number of methoxy groups -OCH3 is 1. The molecule has 0 bridgehead atoms. The predicted octanol–water partition coefficient (Wildman–Crippen LogP) is 2.97. The van der Waals surface area contributed by atoms with Crippen molar-refractivity contribution in [3.63, 3.8) is 0 Å². The summed E-state index contributed by atoms with van der Waals surface area (Å²) in [7, 11) is 1.75. The molecule has 2 heterocycles. The number of benzene rings is 1. The Hall–Kier alpha value is -1.91. The van der Waals surface area contributed by atoms with Crippen molar-refractivity contribution in [2.75, 3.05) is 33.3 Å². The van der Waals surface area contributed by atoms with Crippen molar-refractivity contribution in [3.8, 4) is 5.75 Å². The highest BCUT2D eigenvalue weighted by molar-refractivity contribution is 5.35. The largest absolute Gasteiger partial charge is 0.496 e. The summed E-state index contributed by atoms with van der Waals surface area (Å²) in [6, 6.07) is 12.9. The van der Waals surface area contributed by atoms with Gasteiger partial charge in [0.2, 0.25) is 0 Å². The molecule has 1 aromatic heterocycles. The normalized spacial score (nSPS) is 17.8. The van der Waals surface area contributed by atoms with E-state index in [9.17, 15) is 0 Å². The first kappa shape index (κ1) is 16.0. The van der Waals surface area contributed by atoms with Gasteiger partial charge >= 0.3 is 0 Å². The second-order valence-corrected chi connectivity index (χ2v) is 6.09. The van der Waals surface area contributed by atoms with Gasteiger partial charge in [0.15, 0.2) is 0 Å². The Labute approximate surface area is 138 Å². The quantitative estimate of drug-likeness (QED) is 0.849. The molecule has 0 aliphatic carbocycles. The molecule has 3 rings (SSSR count). The van der Waals surface area contributed by atoms with Crippen LogP contribution in [0.2, 0.25) is 0 Å². The van der Waals surface area contributed by atoms with Crippen LogP contribution < -0.4 is 4.74 Å². The molecule has 0 radical (unpaired) electrons. The minimum absolute atomic E-state index is 0.384. The maximum Gasteiger partial charge on any atom is 0.123 e. The number of aromatic nitrogens is 1. The molecule has 1 saturated heterocycles. The fourth-order valence-corrected chi connectivity index (χ4v) is 3.26.